The lowest BCUT2D eigenvalue weighted by atomic mass is 10.1. The van der Waals surface area contributed by atoms with E-state index in [1.807, 2.05) is 61.5 Å². The molecule has 0 aliphatic heterocycles. The Bertz CT molecular complexity index is 1410. The second kappa shape index (κ2) is 13.0. The van der Waals surface area contributed by atoms with E-state index in [1.165, 1.54) is 0 Å². The minimum Gasteiger partial charge on any atom is -0.493 e. The fraction of sp³-hybridized carbons (Fsp3) is 0.100. The molecule has 192 valence electrons. The van der Waals surface area contributed by atoms with E-state index in [0.717, 1.165) is 17.8 Å². The van der Waals surface area contributed by atoms with Crippen molar-refractivity contribution >= 4 is 51.9 Å². The molecule has 4 aromatic carbocycles. The summed E-state index contributed by atoms with van der Waals surface area (Å²) in [4.78, 5) is 25.9. The van der Waals surface area contributed by atoms with Gasteiger partial charge in [-0.05, 0) is 79.3 Å². The molecule has 0 aromatic heterocycles. The van der Waals surface area contributed by atoms with Gasteiger partial charge in [-0.15, -0.1) is 0 Å². The van der Waals surface area contributed by atoms with Gasteiger partial charge in [0.05, 0.1) is 23.4 Å². The molecule has 0 aliphatic rings. The van der Waals surface area contributed by atoms with Gasteiger partial charge in [0.1, 0.15) is 5.75 Å². The molecule has 0 aliphatic carbocycles. The number of rotatable bonds is 9. The van der Waals surface area contributed by atoms with Crippen molar-refractivity contribution in [2.45, 2.75) is 13.3 Å². The average Bonchev–Trinajstić information content (AvgIpc) is 2.94. The summed E-state index contributed by atoms with van der Waals surface area (Å²) in [6.07, 6.45) is 0.823. The lowest BCUT2D eigenvalue weighted by molar-refractivity contribution is 0.0972. The summed E-state index contributed by atoms with van der Waals surface area (Å²) in [6, 6.07) is 31.2. The molecule has 8 heteroatoms. The predicted molar refractivity (Wildman–Crippen MR) is 156 cm³/mol. The third-order valence-electron chi connectivity index (χ3n) is 5.45. The molecule has 2 amide bonds. The van der Waals surface area contributed by atoms with E-state index < -0.39 is 5.91 Å². The number of para-hydroxylation sites is 3. The van der Waals surface area contributed by atoms with Crippen molar-refractivity contribution in [3.8, 4) is 5.75 Å². The summed E-state index contributed by atoms with van der Waals surface area (Å²) < 4.78 is 5.67. The number of amides is 2. The number of hydrogen-bond donors (Lipinski definition) is 4. The molecule has 38 heavy (non-hydrogen) atoms. The highest BCUT2D eigenvalue weighted by molar-refractivity contribution is 7.80. The first kappa shape index (κ1) is 26.4. The number of hydrogen-bond acceptors (Lipinski definition) is 5. The van der Waals surface area contributed by atoms with Crippen LogP contribution in [0.1, 0.15) is 34.1 Å². The maximum absolute atomic E-state index is 13.1. The Kier molecular flexibility index (Phi) is 9.04. The van der Waals surface area contributed by atoms with E-state index in [-0.39, 0.29) is 11.0 Å². The first-order valence-electron chi connectivity index (χ1n) is 12.2. The van der Waals surface area contributed by atoms with Crippen LogP contribution in [0.5, 0.6) is 5.75 Å². The number of nitrogens with one attached hydrogen (secondary N) is 4. The highest BCUT2D eigenvalue weighted by atomic mass is 32.1. The van der Waals surface area contributed by atoms with Crippen molar-refractivity contribution in [1.29, 1.82) is 0 Å². The Hall–Kier alpha value is -4.69. The van der Waals surface area contributed by atoms with Crippen LogP contribution in [0.4, 0.5) is 22.7 Å². The lowest BCUT2D eigenvalue weighted by Crippen LogP contribution is -2.35. The number of carbonyl (C=O) groups is 2. The Morgan fingerprint density at radius 2 is 1.29 bits per heavy atom. The average molecular weight is 525 g/mol. The molecule has 0 fully saturated rings. The van der Waals surface area contributed by atoms with Crippen molar-refractivity contribution in [1.82, 2.24) is 5.32 Å². The predicted octanol–water partition coefficient (Wildman–Crippen LogP) is 6.60. The molecule has 4 N–H and O–H groups in total. The minimum absolute atomic E-state index is 0.0666. The second-order valence-electron chi connectivity index (χ2n) is 8.32. The standard InChI is InChI=1S/C30H28N4O3S/c1-2-20-37-27-15-9-7-13-25(27)29(36)34-30(38)33-26-14-8-6-12-24(26)28(35)32-23-18-16-22(17-19-23)31-21-10-4-3-5-11-21/h3-19,31H,2,20H2,1H3,(H,32,35)(H2,33,34,36,38). The highest BCUT2D eigenvalue weighted by Crippen LogP contribution is 2.22. The van der Waals surface area contributed by atoms with Crippen LogP contribution in [0.15, 0.2) is 103 Å². The number of thiocarbonyl (C=S) groups is 1. The quantitative estimate of drug-likeness (QED) is 0.185. The van der Waals surface area contributed by atoms with Gasteiger partial charge in [-0.2, -0.15) is 0 Å². The molecule has 0 bridgehead atoms. The van der Waals surface area contributed by atoms with Gasteiger partial charge in [0.25, 0.3) is 11.8 Å². The third kappa shape index (κ3) is 7.18. The van der Waals surface area contributed by atoms with E-state index in [2.05, 4.69) is 21.3 Å². The Balaban J connectivity index is 1.39. The maximum atomic E-state index is 13.1. The fourth-order valence-corrected chi connectivity index (χ4v) is 3.83. The number of anilines is 4. The van der Waals surface area contributed by atoms with Crippen LogP contribution in [0.25, 0.3) is 0 Å². The van der Waals surface area contributed by atoms with Gasteiger partial charge in [-0.25, -0.2) is 0 Å². The molecule has 4 aromatic rings. The molecule has 0 unspecified atom stereocenters. The van der Waals surface area contributed by atoms with Gasteiger partial charge in [0.15, 0.2) is 5.11 Å². The van der Waals surface area contributed by atoms with E-state index in [0.29, 0.717) is 34.9 Å². The molecular formula is C30H28N4O3S. The van der Waals surface area contributed by atoms with Gasteiger partial charge in [0.2, 0.25) is 0 Å². The van der Waals surface area contributed by atoms with Crippen molar-refractivity contribution in [3.05, 3.63) is 114 Å². The molecule has 4 rings (SSSR count). The number of benzene rings is 4. The number of carbonyl (C=O) groups excluding carboxylic acids is 2. The van der Waals surface area contributed by atoms with Crippen LogP contribution in [-0.2, 0) is 0 Å². The van der Waals surface area contributed by atoms with Gasteiger partial charge < -0.3 is 20.7 Å². The molecule has 0 atom stereocenters. The first-order valence-corrected chi connectivity index (χ1v) is 12.6. The largest absolute Gasteiger partial charge is 0.493 e. The normalized spacial score (nSPS) is 10.2. The minimum atomic E-state index is -0.402. The molecule has 0 heterocycles. The van der Waals surface area contributed by atoms with Crippen LogP contribution >= 0.6 is 12.2 Å². The SMILES string of the molecule is CCCOc1ccccc1C(=O)NC(=S)Nc1ccccc1C(=O)Nc1ccc(Nc2ccccc2)cc1. The Morgan fingerprint density at radius 1 is 0.684 bits per heavy atom. The maximum Gasteiger partial charge on any atom is 0.261 e. The lowest BCUT2D eigenvalue weighted by Gasteiger charge is -2.15. The zero-order valence-electron chi connectivity index (χ0n) is 20.9. The molecule has 0 radical (unpaired) electrons. The van der Waals surface area contributed by atoms with E-state index in [4.69, 9.17) is 17.0 Å². The molecule has 0 saturated heterocycles. The summed E-state index contributed by atoms with van der Waals surface area (Å²) in [5, 5.41) is 11.9. The summed E-state index contributed by atoms with van der Waals surface area (Å²) in [6.45, 7) is 2.50. The van der Waals surface area contributed by atoms with Crippen LogP contribution in [0, 0.1) is 0 Å². The topological polar surface area (TPSA) is 91.5 Å². The molecular weight excluding hydrogens is 496 g/mol. The third-order valence-corrected chi connectivity index (χ3v) is 5.65. The van der Waals surface area contributed by atoms with Crippen LogP contribution in [0.3, 0.4) is 0 Å². The summed E-state index contributed by atoms with van der Waals surface area (Å²) in [7, 11) is 0. The van der Waals surface area contributed by atoms with Gasteiger partial charge in [-0.1, -0.05) is 49.4 Å². The van der Waals surface area contributed by atoms with Crippen molar-refractivity contribution in [2.75, 3.05) is 22.6 Å². The zero-order chi connectivity index (χ0) is 26.7. The highest BCUT2D eigenvalue weighted by Gasteiger charge is 2.16. The van der Waals surface area contributed by atoms with Crippen LogP contribution in [-0.4, -0.2) is 23.5 Å². The Morgan fingerprint density at radius 3 is 2.03 bits per heavy atom. The second-order valence-corrected chi connectivity index (χ2v) is 8.73. The summed E-state index contributed by atoms with van der Waals surface area (Å²) in [5.41, 5.74) is 3.74. The van der Waals surface area contributed by atoms with E-state index in [9.17, 15) is 9.59 Å². The van der Waals surface area contributed by atoms with Gasteiger partial charge in [-0.3, -0.25) is 14.9 Å². The molecule has 7 nitrogen and oxygen atoms in total. The van der Waals surface area contributed by atoms with Gasteiger partial charge in [0, 0.05) is 17.1 Å². The van der Waals surface area contributed by atoms with Crippen molar-refractivity contribution in [2.24, 2.45) is 0 Å². The molecule has 0 saturated carbocycles. The smallest absolute Gasteiger partial charge is 0.261 e. The van der Waals surface area contributed by atoms with Gasteiger partial charge >= 0.3 is 0 Å². The summed E-state index contributed by atoms with van der Waals surface area (Å²) in [5.74, 6) is -0.232. The molecule has 0 spiro atoms. The summed E-state index contributed by atoms with van der Waals surface area (Å²) >= 11 is 5.36. The van der Waals surface area contributed by atoms with E-state index in [1.54, 1.807) is 48.5 Å². The Labute approximate surface area is 227 Å². The van der Waals surface area contributed by atoms with Crippen molar-refractivity contribution < 1.29 is 14.3 Å². The zero-order valence-corrected chi connectivity index (χ0v) is 21.7. The van der Waals surface area contributed by atoms with Crippen LogP contribution < -0.4 is 26.0 Å². The van der Waals surface area contributed by atoms with Crippen molar-refractivity contribution in [3.63, 3.8) is 0 Å². The van der Waals surface area contributed by atoms with E-state index >= 15 is 0 Å². The first-order chi connectivity index (χ1) is 18.5. The number of ether oxygens (including phenoxy) is 1. The van der Waals surface area contributed by atoms with Crippen LogP contribution in [0.2, 0.25) is 0 Å². The fourth-order valence-electron chi connectivity index (χ4n) is 3.63. The monoisotopic (exact) mass is 524 g/mol.